The van der Waals surface area contributed by atoms with Crippen LogP contribution in [0.3, 0.4) is 0 Å². The predicted octanol–water partition coefficient (Wildman–Crippen LogP) is 3.31. The lowest BCUT2D eigenvalue weighted by Gasteiger charge is -2.05. The minimum atomic E-state index is -0.416. The van der Waals surface area contributed by atoms with E-state index in [1.807, 2.05) is 17.8 Å². The molecule has 0 amide bonds. The minimum absolute atomic E-state index is 0.134. The van der Waals surface area contributed by atoms with E-state index < -0.39 is 5.82 Å². The Labute approximate surface area is 104 Å². The smallest absolute Gasteiger partial charge is 0.143 e. The SMILES string of the molecule is CCn1cc(CNc2ccc(Cl)c(F)c2)cn1. The van der Waals surface area contributed by atoms with Gasteiger partial charge < -0.3 is 5.32 Å². The number of nitrogens with zero attached hydrogens (tertiary/aromatic N) is 2. The van der Waals surface area contributed by atoms with E-state index in [0.29, 0.717) is 12.2 Å². The van der Waals surface area contributed by atoms with Crippen LogP contribution in [0.1, 0.15) is 12.5 Å². The van der Waals surface area contributed by atoms with E-state index in [9.17, 15) is 4.39 Å². The molecule has 0 atom stereocenters. The Morgan fingerprint density at radius 1 is 1.47 bits per heavy atom. The third kappa shape index (κ3) is 2.97. The Morgan fingerprint density at radius 3 is 2.94 bits per heavy atom. The molecule has 0 aliphatic rings. The third-order valence-corrected chi connectivity index (χ3v) is 2.73. The summed E-state index contributed by atoms with van der Waals surface area (Å²) in [5.41, 5.74) is 1.76. The fraction of sp³-hybridized carbons (Fsp3) is 0.250. The fourth-order valence-corrected chi connectivity index (χ4v) is 1.60. The van der Waals surface area contributed by atoms with Gasteiger partial charge in [-0.25, -0.2) is 4.39 Å². The van der Waals surface area contributed by atoms with Gasteiger partial charge in [0.15, 0.2) is 0 Å². The molecule has 0 bridgehead atoms. The lowest BCUT2D eigenvalue weighted by Crippen LogP contribution is -1.99. The lowest BCUT2D eigenvalue weighted by atomic mass is 10.3. The molecule has 3 nitrogen and oxygen atoms in total. The molecule has 17 heavy (non-hydrogen) atoms. The summed E-state index contributed by atoms with van der Waals surface area (Å²) in [5.74, 6) is -0.416. The van der Waals surface area contributed by atoms with Gasteiger partial charge in [-0.1, -0.05) is 11.6 Å². The first-order valence-corrected chi connectivity index (χ1v) is 5.77. The van der Waals surface area contributed by atoms with Crippen molar-refractivity contribution in [1.82, 2.24) is 9.78 Å². The second kappa shape index (κ2) is 5.19. The van der Waals surface area contributed by atoms with Crippen LogP contribution in [0.4, 0.5) is 10.1 Å². The quantitative estimate of drug-likeness (QED) is 0.906. The molecule has 2 rings (SSSR count). The standard InChI is InChI=1S/C12H13ClFN3/c1-2-17-8-9(7-16-17)6-15-10-3-4-11(13)12(14)5-10/h3-5,7-8,15H,2,6H2,1H3. The van der Waals surface area contributed by atoms with Gasteiger partial charge in [-0.15, -0.1) is 0 Å². The first-order valence-electron chi connectivity index (χ1n) is 5.39. The maximum absolute atomic E-state index is 13.2. The second-order valence-corrected chi connectivity index (χ2v) is 4.09. The number of rotatable bonds is 4. The van der Waals surface area contributed by atoms with E-state index >= 15 is 0 Å². The summed E-state index contributed by atoms with van der Waals surface area (Å²) in [6, 6.07) is 4.66. The van der Waals surface area contributed by atoms with Crippen LogP contribution in [-0.4, -0.2) is 9.78 Å². The van der Waals surface area contributed by atoms with Crippen LogP contribution in [0, 0.1) is 5.82 Å². The molecule has 1 heterocycles. The highest BCUT2D eigenvalue weighted by atomic mass is 35.5. The molecular formula is C12H13ClFN3. The predicted molar refractivity (Wildman–Crippen MR) is 66.6 cm³/mol. The van der Waals surface area contributed by atoms with E-state index in [1.54, 1.807) is 12.3 Å². The van der Waals surface area contributed by atoms with E-state index in [-0.39, 0.29) is 5.02 Å². The Kier molecular flexibility index (Phi) is 3.64. The number of hydrogen-bond acceptors (Lipinski definition) is 2. The Morgan fingerprint density at radius 2 is 2.29 bits per heavy atom. The first-order chi connectivity index (χ1) is 8.19. The number of anilines is 1. The Balaban J connectivity index is 1.99. The molecule has 0 fully saturated rings. The highest BCUT2D eigenvalue weighted by Crippen LogP contribution is 2.19. The number of halogens is 2. The van der Waals surface area contributed by atoms with Crippen LogP contribution in [0.15, 0.2) is 30.6 Å². The van der Waals surface area contributed by atoms with Gasteiger partial charge in [-0.05, 0) is 25.1 Å². The minimum Gasteiger partial charge on any atom is -0.381 e. The average Bonchev–Trinajstić information content (AvgIpc) is 2.79. The van der Waals surface area contributed by atoms with Crippen molar-refractivity contribution in [1.29, 1.82) is 0 Å². The molecule has 90 valence electrons. The molecule has 0 saturated heterocycles. The monoisotopic (exact) mass is 253 g/mol. The molecule has 0 aliphatic heterocycles. The highest BCUT2D eigenvalue weighted by Gasteiger charge is 2.01. The molecular weight excluding hydrogens is 241 g/mol. The normalized spacial score (nSPS) is 10.5. The van der Waals surface area contributed by atoms with Gasteiger partial charge >= 0.3 is 0 Å². The Bertz CT molecular complexity index is 510. The zero-order chi connectivity index (χ0) is 12.3. The molecule has 1 aromatic carbocycles. The van der Waals surface area contributed by atoms with E-state index in [4.69, 9.17) is 11.6 Å². The van der Waals surface area contributed by atoms with Gasteiger partial charge in [0.05, 0.1) is 11.2 Å². The first kappa shape index (κ1) is 11.9. The number of nitrogens with one attached hydrogen (secondary N) is 1. The van der Waals surface area contributed by atoms with Crippen LogP contribution in [0.5, 0.6) is 0 Å². The highest BCUT2D eigenvalue weighted by molar-refractivity contribution is 6.30. The number of hydrogen-bond donors (Lipinski definition) is 1. The van der Waals surface area contributed by atoms with Gasteiger partial charge in [-0.3, -0.25) is 4.68 Å². The van der Waals surface area contributed by atoms with Crippen LogP contribution < -0.4 is 5.32 Å². The molecule has 0 aliphatic carbocycles. The van der Waals surface area contributed by atoms with E-state index in [0.717, 1.165) is 12.1 Å². The van der Waals surface area contributed by atoms with Gasteiger partial charge in [0.2, 0.25) is 0 Å². The van der Waals surface area contributed by atoms with Gasteiger partial charge in [0, 0.05) is 30.5 Å². The summed E-state index contributed by atoms with van der Waals surface area (Å²) in [7, 11) is 0. The van der Waals surface area contributed by atoms with Crippen molar-refractivity contribution in [2.45, 2.75) is 20.0 Å². The zero-order valence-corrected chi connectivity index (χ0v) is 10.2. The molecule has 0 unspecified atom stereocenters. The van der Waals surface area contributed by atoms with Gasteiger partial charge in [-0.2, -0.15) is 5.10 Å². The second-order valence-electron chi connectivity index (χ2n) is 3.69. The van der Waals surface area contributed by atoms with Crippen molar-refractivity contribution in [3.63, 3.8) is 0 Å². The maximum Gasteiger partial charge on any atom is 0.143 e. The van der Waals surface area contributed by atoms with Crippen LogP contribution in [0.2, 0.25) is 5.02 Å². The van der Waals surface area contributed by atoms with Crippen molar-refractivity contribution in [2.24, 2.45) is 0 Å². The summed E-state index contributed by atoms with van der Waals surface area (Å²) in [6.07, 6.45) is 3.75. The van der Waals surface area contributed by atoms with Crippen molar-refractivity contribution in [3.8, 4) is 0 Å². The van der Waals surface area contributed by atoms with Crippen LogP contribution in [-0.2, 0) is 13.1 Å². The molecule has 2 aromatic rings. The maximum atomic E-state index is 13.2. The molecule has 0 radical (unpaired) electrons. The van der Waals surface area contributed by atoms with Crippen LogP contribution >= 0.6 is 11.6 Å². The molecule has 1 N–H and O–H groups in total. The van der Waals surface area contributed by atoms with Gasteiger partial charge in [0.1, 0.15) is 5.82 Å². The van der Waals surface area contributed by atoms with Crippen molar-refractivity contribution in [3.05, 3.63) is 47.0 Å². The molecule has 5 heteroatoms. The van der Waals surface area contributed by atoms with Crippen molar-refractivity contribution in [2.75, 3.05) is 5.32 Å². The van der Waals surface area contributed by atoms with Crippen molar-refractivity contribution >= 4 is 17.3 Å². The van der Waals surface area contributed by atoms with E-state index in [1.165, 1.54) is 12.1 Å². The van der Waals surface area contributed by atoms with E-state index in [2.05, 4.69) is 10.4 Å². The molecule has 0 saturated carbocycles. The number of benzene rings is 1. The Hall–Kier alpha value is -1.55. The number of aromatic nitrogens is 2. The lowest BCUT2D eigenvalue weighted by molar-refractivity contribution is 0.628. The molecule has 0 spiro atoms. The van der Waals surface area contributed by atoms with Gasteiger partial charge in [0.25, 0.3) is 0 Å². The molecule has 1 aromatic heterocycles. The summed E-state index contributed by atoms with van der Waals surface area (Å²) in [6.45, 7) is 3.48. The summed E-state index contributed by atoms with van der Waals surface area (Å²) < 4.78 is 15.0. The fourth-order valence-electron chi connectivity index (χ4n) is 1.48. The third-order valence-electron chi connectivity index (χ3n) is 2.43. The van der Waals surface area contributed by atoms with Crippen LogP contribution in [0.25, 0.3) is 0 Å². The average molecular weight is 254 g/mol. The summed E-state index contributed by atoms with van der Waals surface area (Å²) in [5, 5.41) is 7.41. The summed E-state index contributed by atoms with van der Waals surface area (Å²) in [4.78, 5) is 0. The largest absolute Gasteiger partial charge is 0.381 e. The zero-order valence-electron chi connectivity index (χ0n) is 9.45. The summed E-state index contributed by atoms with van der Waals surface area (Å²) >= 11 is 5.60. The number of aryl methyl sites for hydroxylation is 1. The topological polar surface area (TPSA) is 29.9 Å². The van der Waals surface area contributed by atoms with Crippen molar-refractivity contribution < 1.29 is 4.39 Å².